The van der Waals surface area contributed by atoms with E-state index in [0.29, 0.717) is 24.2 Å². The average Bonchev–Trinajstić information content (AvgIpc) is 2.88. The summed E-state index contributed by atoms with van der Waals surface area (Å²) >= 11 is 0. The van der Waals surface area contributed by atoms with E-state index in [9.17, 15) is 4.79 Å². The number of rotatable bonds is 2. The second kappa shape index (κ2) is 5.98. The molecule has 1 unspecified atom stereocenters. The van der Waals surface area contributed by atoms with E-state index in [0.717, 1.165) is 19.3 Å². The third-order valence-electron chi connectivity index (χ3n) is 7.16. The summed E-state index contributed by atoms with van der Waals surface area (Å²) in [6, 6.07) is 0. The van der Waals surface area contributed by atoms with E-state index in [1.807, 2.05) is 0 Å². The number of esters is 1. The number of hydrogen-bond donors (Lipinski definition) is 0. The number of carbonyl (C=O) groups is 1. The number of fused-ring (bicyclic) bond motifs is 2. The van der Waals surface area contributed by atoms with Gasteiger partial charge in [-0.1, -0.05) is 33.3 Å². The molecule has 1 saturated heterocycles. The van der Waals surface area contributed by atoms with Crippen LogP contribution in [0.15, 0.2) is 11.1 Å². The third-order valence-corrected chi connectivity index (χ3v) is 11.6. The molecule has 5 atom stereocenters. The van der Waals surface area contributed by atoms with Crippen LogP contribution < -0.4 is 0 Å². The standard InChI is InChI=1S/C20H34O3Si/c1-12-8-18-14(10-19(21)22-18)9-16-13(2)17(11-15(12)16)23-24(6,7)20(3,4)5/h12,14-15,17-18H,8-11H2,1-7H3/t12-,14+,15-,17?,18+/m0/s1. The molecule has 3 nitrogen and oxygen atoms in total. The molecular weight excluding hydrogens is 316 g/mol. The maximum atomic E-state index is 11.7. The zero-order chi connectivity index (χ0) is 17.9. The van der Waals surface area contributed by atoms with Gasteiger partial charge in [0.2, 0.25) is 0 Å². The van der Waals surface area contributed by atoms with E-state index in [4.69, 9.17) is 9.16 Å². The molecule has 1 aliphatic heterocycles. The molecule has 2 fully saturated rings. The Balaban J connectivity index is 1.82. The van der Waals surface area contributed by atoms with E-state index in [2.05, 4.69) is 47.7 Å². The third kappa shape index (κ3) is 3.12. The Morgan fingerprint density at radius 3 is 2.46 bits per heavy atom. The molecule has 4 heteroatoms. The molecule has 3 aliphatic rings. The summed E-state index contributed by atoms with van der Waals surface area (Å²) in [7, 11) is -1.76. The van der Waals surface area contributed by atoms with Crippen LogP contribution in [0.25, 0.3) is 0 Å². The molecular formula is C20H34O3Si. The molecule has 0 aromatic heterocycles. The lowest BCUT2D eigenvalue weighted by Crippen LogP contribution is -2.44. The smallest absolute Gasteiger partial charge is 0.306 e. The lowest BCUT2D eigenvalue weighted by molar-refractivity contribution is -0.142. The highest BCUT2D eigenvalue weighted by Crippen LogP contribution is 2.50. The molecule has 24 heavy (non-hydrogen) atoms. The van der Waals surface area contributed by atoms with Crippen molar-refractivity contribution in [2.45, 2.75) is 90.6 Å². The van der Waals surface area contributed by atoms with Crippen LogP contribution in [0.5, 0.6) is 0 Å². The predicted molar refractivity (Wildman–Crippen MR) is 99.3 cm³/mol. The second-order valence-corrected chi connectivity index (χ2v) is 14.6. The topological polar surface area (TPSA) is 35.5 Å². The van der Waals surface area contributed by atoms with E-state index in [1.165, 1.54) is 5.57 Å². The molecule has 0 amide bonds. The van der Waals surface area contributed by atoms with Crippen molar-refractivity contribution in [3.8, 4) is 0 Å². The van der Waals surface area contributed by atoms with Gasteiger partial charge in [-0.3, -0.25) is 4.79 Å². The first kappa shape index (κ1) is 18.2. The molecule has 0 N–H and O–H groups in total. The van der Waals surface area contributed by atoms with Crippen LogP contribution in [0.1, 0.15) is 60.3 Å². The van der Waals surface area contributed by atoms with Gasteiger partial charge in [-0.15, -0.1) is 0 Å². The highest BCUT2D eigenvalue weighted by molar-refractivity contribution is 6.74. The quantitative estimate of drug-likeness (QED) is 0.396. The molecule has 0 radical (unpaired) electrons. The van der Waals surface area contributed by atoms with Crippen molar-refractivity contribution in [2.24, 2.45) is 17.8 Å². The van der Waals surface area contributed by atoms with Gasteiger partial charge in [-0.05, 0) is 61.7 Å². The van der Waals surface area contributed by atoms with Crippen LogP contribution in [0, 0.1) is 17.8 Å². The Labute approximate surface area is 148 Å². The molecule has 2 aliphatic carbocycles. The van der Waals surface area contributed by atoms with Crippen molar-refractivity contribution >= 4 is 14.3 Å². The molecule has 1 saturated carbocycles. The van der Waals surface area contributed by atoms with Gasteiger partial charge in [-0.25, -0.2) is 0 Å². The van der Waals surface area contributed by atoms with Gasteiger partial charge in [0.05, 0.1) is 12.5 Å². The summed E-state index contributed by atoms with van der Waals surface area (Å²) in [5, 5.41) is 0.241. The van der Waals surface area contributed by atoms with Crippen LogP contribution in [0.3, 0.4) is 0 Å². The van der Waals surface area contributed by atoms with Crippen molar-refractivity contribution in [3.63, 3.8) is 0 Å². The van der Waals surface area contributed by atoms with Crippen molar-refractivity contribution in [1.82, 2.24) is 0 Å². The Hall–Kier alpha value is -0.613. The van der Waals surface area contributed by atoms with Crippen molar-refractivity contribution in [3.05, 3.63) is 11.1 Å². The summed E-state index contributed by atoms with van der Waals surface area (Å²) in [6.45, 7) is 16.2. The first-order valence-electron chi connectivity index (χ1n) is 9.56. The van der Waals surface area contributed by atoms with Crippen molar-refractivity contribution in [1.29, 1.82) is 0 Å². The van der Waals surface area contributed by atoms with E-state index >= 15 is 0 Å². The fourth-order valence-electron chi connectivity index (χ4n) is 4.52. The number of hydrogen-bond acceptors (Lipinski definition) is 3. The number of carbonyl (C=O) groups excluding carboxylic acids is 1. The summed E-state index contributed by atoms with van der Waals surface area (Å²) < 4.78 is 12.4. The predicted octanol–water partition coefficient (Wildman–Crippen LogP) is 5.07. The maximum Gasteiger partial charge on any atom is 0.306 e. The van der Waals surface area contributed by atoms with E-state index < -0.39 is 8.32 Å². The van der Waals surface area contributed by atoms with Gasteiger partial charge >= 0.3 is 5.97 Å². The zero-order valence-corrected chi connectivity index (χ0v) is 17.4. The first-order valence-corrected chi connectivity index (χ1v) is 12.5. The minimum absolute atomic E-state index is 0.000901. The summed E-state index contributed by atoms with van der Waals surface area (Å²) in [5.41, 5.74) is 3.04. The fourth-order valence-corrected chi connectivity index (χ4v) is 5.86. The van der Waals surface area contributed by atoms with Crippen LogP contribution in [-0.4, -0.2) is 26.5 Å². The average molecular weight is 351 g/mol. The van der Waals surface area contributed by atoms with Gasteiger partial charge in [-0.2, -0.15) is 0 Å². The monoisotopic (exact) mass is 350 g/mol. The lowest BCUT2D eigenvalue weighted by Gasteiger charge is -2.39. The summed E-state index contributed by atoms with van der Waals surface area (Å²) in [5.74, 6) is 1.58. The highest BCUT2D eigenvalue weighted by atomic mass is 28.4. The van der Waals surface area contributed by atoms with Gasteiger partial charge < -0.3 is 9.16 Å². The molecule has 0 aromatic rings. The maximum absolute atomic E-state index is 11.7. The Bertz CT molecular complexity index is 558. The highest BCUT2D eigenvalue weighted by Gasteiger charge is 2.47. The summed E-state index contributed by atoms with van der Waals surface area (Å²) in [6.07, 6.45) is 4.22. The molecule has 0 aromatic carbocycles. The minimum atomic E-state index is -1.76. The van der Waals surface area contributed by atoms with Gasteiger partial charge in [0, 0.05) is 5.92 Å². The molecule has 0 spiro atoms. The van der Waals surface area contributed by atoms with Crippen molar-refractivity contribution in [2.75, 3.05) is 0 Å². The second-order valence-electron chi connectivity index (χ2n) is 9.83. The van der Waals surface area contributed by atoms with Crippen LogP contribution >= 0.6 is 0 Å². The van der Waals surface area contributed by atoms with Gasteiger partial charge in [0.15, 0.2) is 8.32 Å². The molecule has 136 valence electrons. The number of allylic oxidation sites excluding steroid dienone is 1. The van der Waals surface area contributed by atoms with E-state index in [-0.39, 0.29) is 23.2 Å². The Morgan fingerprint density at radius 1 is 1.17 bits per heavy atom. The molecule has 3 rings (SSSR count). The normalized spacial score (nSPS) is 37.1. The first-order chi connectivity index (χ1) is 11.0. The minimum Gasteiger partial charge on any atom is -0.462 e. The molecule has 1 heterocycles. The van der Waals surface area contributed by atoms with Crippen LogP contribution in [-0.2, 0) is 14.0 Å². The zero-order valence-electron chi connectivity index (χ0n) is 16.4. The van der Waals surface area contributed by atoms with Gasteiger partial charge in [0.1, 0.15) is 6.10 Å². The summed E-state index contributed by atoms with van der Waals surface area (Å²) in [4.78, 5) is 11.7. The SMILES string of the molecule is CC1=C2C[C@@H]3CC(=O)O[C@@H]3C[C@H](C)[C@@H]2CC1O[Si](C)(C)C(C)(C)C. The van der Waals surface area contributed by atoms with Crippen molar-refractivity contribution < 1.29 is 14.0 Å². The van der Waals surface area contributed by atoms with Crippen LogP contribution in [0.4, 0.5) is 0 Å². The fraction of sp³-hybridized carbons (Fsp3) is 0.850. The largest absolute Gasteiger partial charge is 0.462 e. The van der Waals surface area contributed by atoms with Crippen LogP contribution in [0.2, 0.25) is 18.1 Å². The molecule has 0 bridgehead atoms. The van der Waals surface area contributed by atoms with E-state index in [1.54, 1.807) is 5.57 Å². The lowest BCUT2D eigenvalue weighted by atomic mass is 9.86. The number of ether oxygens (including phenoxy) is 1. The Morgan fingerprint density at radius 2 is 1.83 bits per heavy atom. The van der Waals surface area contributed by atoms with Gasteiger partial charge in [0.25, 0.3) is 0 Å². The Kier molecular flexibility index (Phi) is 4.53.